The van der Waals surface area contributed by atoms with E-state index in [0.717, 1.165) is 62.5 Å². The number of aromatic nitrogens is 3. The Morgan fingerprint density at radius 1 is 1.12 bits per heavy atom. The highest BCUT2D eigenvalue weighted by Crippen LogP contribution is 2.26. The second-order valence-corrected chi connectivity index (χ2v) is 8.90. The molecule has 3 heterocycles. The topological polar surface area (TPSA) is 78.0 Å². The van der Waals surface area contributed by atoms with Crippen molar-refractivity contribution in [1.82, 2.24) is 19.4 Å². The predicted octanol–water partition coefficient (Wildman–Crippen LogP) is 4.11. The van der Waals surface area contributed by atoms with E-state index in [4.69, 9.17) is 16.9 Å². The van der Waals surface area contributed by atoms with Crippen LogP contribution in [0.5, 0.6) is 0 Å². The molecule has 1 aliphatic rings. The van der Waals surface area contributed by atoms with Crippen molar-refractivity contribution in [1.29, 1.82) is 5.26 Å². The number of pyridine rings is 1. The average molecular weight is 450 g/mol. The van der Waals surface area contributed by atoms with Crippen molar-refractivity contribution < 1.29 is 5.11 Å². The smallest absolute Gasteiger partial charge is 0.106 e. The van der Waals surface area contributed by atoms with Crippen molar-refractivity contribution in [2.75, 3.05) is 13.1 Å². The molecule has 0 radical (unpaired) electrons. The molecule has 1 aliphatic heterocycles. The van der Waals surface area contributed by atoms with Crippen LogP contribution in [0, 0.1) is 24.2 Å². The third-order valence-electron chi connectivity index (χ3n) is 6.38. The summed E-state index contributed by atoms with van der Waals surface area (Å²) < 4.78 is 2.26. The van der Waals surface area contributed by atoms with Gasteiger partial charge in [0.05, 0.1) is 23.9 Å². The molecular weight excluding hydrogens is 422 g/mol. The largest absolute Gasteiger partial charge is 0.392 e. The number of piperidine rings is 1. The van der Waals surface area contributed by atoms with Crippen LogP contribution in [0.15, 0.2) is 42.7 Å². The molecular formula is C25H28ClN5O. The molecule has 0 aliphatic carbocycles. The molecule has 4 rings (SSSR count). The zero-order chi connectivity index (χ0) is 22.5. The molecule has 7 heteroatoms. The predicted molar refractivity (Wildman–Crippen MR) is 124 cm³/mol. The van der Waals surface area contributed by atoms with Gasteiger partial charge in [0.2, 0.25) is 0 Å². The van der Waals surface area contributed by atoms with E-state index in [9.17, 15) is 5.11 Å². The highest BCUT2D eigenvalue weighted by molar-refractivity contribution is 6.31. The fraction of sp³-hybridized carbons (Fsp3) is 0.400. The first-order valence-corrected chi connectivity index (χ1v) is 11.4. The number of halogens is 1. The Hall–Kier alpha value is -2.72. The number of imidazole rings is 1. The Morgan fingerprint density at radius 2 is 1.88 bits per heavy atom. The number of nitriles is 1. The molecule has 0 spiro atoms. The van der Waals surface area contributed by atoms with Gasteiger partial charge in [-0.2, -0.15) is 5.26 Å². The number of nitrogens with zero attached hydrogens (tertiary/aromatic N) is 5. The van der Waals surface area contributed by atoms with Crippen molar-refractivity contribution in [3.63, 3.8) is 0 Å². The van der Waals surface area contributed by atoms with Gasteiger partial charge in [-0.1, -0.05) is 23.7 Å². The highest BCUT2D eigenvalue weighted by Gasteiger charge is 2.22. The summed E-state index contributed by atoms with van der Waals surface area (Å²) in [6, 6.07) is 11.7. The van der Waals surface area contributed by atoms with Gasteiger partial charge < -0.3 is 9.67 Å². The van der Waals surface area contributed by atoms with Gasteiger partial charge in [0, 0.05) is 41.8 Å². The average Bonchev–Trinajstić information content (AvgIpc) is 3.15. The van der Waals surface area contributed by atoms with Crippen molar-refractivity contribution >= 4 is 11.6 Å². The Labute approximate surface area is 194 Å². The number of likely N-dealkylation sites (tertiary alicyclic amines) is 1. The third-order valence-corrected chi connectivity index (χ3v) is 6.74. The fourth-order valence-corrected chi connectivity index (χ4v) is 4.65. The van der Waals surface area contributed by atoms with E-state index in [-0.39, 0.29) is 6.61 Å². The van der Waals surface area contributed by atoms with Crippen LogP contribution in [-0.4, -0.2) is 37.6 Å². The lowest BCUT2D eigenvalue weighted by molar-refractivity contribution is 0.172. The fourth-order valence-electron chi connectivity index (χ4n) is 4.43. The lowest BCUT2D eigenvalue weighted by Gasteiger charge is -2.32. The van der Waals surface area contributed by atoms with Crippen LogP contribution in [-0.2, 0) is 26.1 Å². The number of hydrogen-bond donors (Lipinski definition) is 1. The maximum atomic E-state index is 9.64. The number of aryl methyl sites for hydroxylation is 1. The van der Waals surface area contributed by atoms with E-state index in [0.29, 0.717) is 16.5 Å². The van der Waals surface area contributed by atoms with Crippen LogP contribution in [0.1, 0.15) is 46.7 Å². The second kappa shape index (κ2) is 10.3. The van der Waals surface area contributed by atoms with Crippen molar-refractivity contribution in [3.8, 4) is 6.07 Å². The van der Waals surface area contributed by atoms with Gasteiger partial charge in [-0.3, -0.25) is 9.88 Å². The second-order valence-electron chi connectivity index (χ2n) is 8.49. The molecule has 0 amide bonds. The van der Waals surface area contributed by atoms with E-state index in [1.807, 2.05) is 37.4 Å². The number of aliphatic hydroxyl groups is 1. The lowest BCUT2D eigenvalue weighted by atomic mass is 9.90. The van der Waals surface area contributed by atoms with Crippen LogP contribution in [0.2, 0.25) is 5.02 Å². The SMILES string of the molecule is Cc1ncc(CN2CCC(Cc3nccc(Cl)c3CO)CC2)n1Cc1ccc(C#N)cc1. The summed E-state index contributed by atoms with van der Waals surface area (Å²) in [5.41, 5.74) is 4.75. The first-order valence-electron chi connectivity index (χ1n) is 11.0. The summed E-state index contributed by atoms with van der Waals surface area (Å²) >= 11 is 6.22. The molecule has 1 fully saturated rings. The summed E-state index contributed by atoms with van der Waals surface area (Å²) in [7, 11) is 0. The molecule has 0 bridgehead atoms. The first-order chi connectivity index (χ1) is 15.6. The molecule has 1 saturated heterocycles. The molecule has 6 nitrogen and oxygen atoms in total. The summed E-state index contributed by atoms with van der Waals surface area (Å²) in [6.45, 7) is 5.66. The van der Waals surface area contributed by atoms with Gasteiger partial charge >= 0.3 is 0 Å². The summed E-state index contributed by atoms with van der Waals surface area (Å²) in [6.07, 6.45) is 6.77. The number of rotatable bonds is 7. The zero-order valence-electron chi connectivity index (χ0n) is 18.3. The van der Waals surface area contributed by atoms with Gasteiger partial charge in [0.25, 0.3) is 0 Å². The summed E-state index contributed by atoms with van der Waals surface area (Å²) in [5.74, 6) is 1.55. The number of benzene rings is 1. The summed E-state index contributed by atoms with van der Waals surface area (Å²) in [4.78, 5) is 11.5. The minimum absolute atomic E-state index is 0.0660. The minimum Gasteiger partial charge on any atom is -0.392 e. The van der Waals surface area contributed by atoms with E-state index in [1.165, 1.54) is 11.3 Å². The third kappa shape index (κ3) is 5.18. The zero-order valence-corrected chi connectivity index (χ0v) is 19.1. The van der Waals surface area contributed by atoms with E-state index < -0.39 is 0 Å². The van der Waals surface area contributed by atoms with Crippen LogP contribution >= 0.6 is 11.6 Å². The van der Waals surface area contributed by atoms with Gasteiger partial charge in [0.15, 0.2) is 0 Å². The standard InChI is InChI=1S/C25H28ClN5O/c1-18-29-14-22(31(18)15-21-4-2-20(13-27)3-5-21)16-30-10-7-19(8-11-30)12-25-23(17-32)24(26)6-9-28-25/h2-6,9,14,19,32H,7-8,10-12,15-17H2,1H3. The van der Waals surface area contributed by atoms with Crippen molar-refractivity contribution in [2.24, 2.45) is 5.92 Å². The lowest BCUT2D eigenvalue weighted by Crippen LogP contribution is -2.34. The van der Waals surface area contributed by atoms with Gasteiger partial charge in [-0.25, -0.2) is 4.98 Å². The maximum Gasteiger partial charge on any atom is 0.106 e. The quantitative estimate of drug-likeness (QED) is 0.587. The maximum absolute atomic E-state index is 9.64. The van der Waals surface area contributed by atoms with Crippen LogP contribution in [0.3, 0.4) is 0 Å². The Bertz CT molecular complexity index is 1090. The van der Waals surface area contributed by atoms with E-state index in [2.05, 4.69) is 25.5 Å². The molecule has 1 aromatic carbocycles. The summed E-state index contributed by atoms with van der Waals surface area (Å²) in [5, 5.41) is 19.2. The van der Waals surface area contributed by atoms with Crippen LogP contribution in [0.25, 0.3) is 0 Å². The monoisotopic (exact) mass is 449 g/mol. The van der Waals surface area contributed by atoms with Crippen molar-refractivity contribution in [3.05, 3.63) is 81.7 Å². The molecule has 32 heavy (non-hydrogen) atoms. The Morgan fingerprint density at radius 3 is 2.56 bits per heavy atom. The Balaban J connectivity index is 1.36. The molecule has 0 unspecified atom stereocenters. The molecule has 166 valence electrons. The minimum atomic E-state index is -0.0660. The van der Waals surface area contributed by atoms with E-state index >= 15 is 0 Å². The highest BCUT2D eigenvalue weighted by atomic mass is 35.5. The Kier molecular flexibility index (Phi) is 7.21. The molecule has 3 aromatic rings. The molecule has 0 atom stereocenters. The van der Waals surface area contributed by atoms with Gasteiger partial charge in [0.1, 0.15) is 5.82 Å². The van der Waals surface area contributed by atoms with Crippen LogP contribution in [0.4, 0.5) is 0 Å². The molecule has 0 saturated carbocycles. The van der Waals surface area contributed by atoms with Gasteiger partial charge in [-0.15, -0.1) is 0 Å². The van der Waals surface area contributed by atoms with Crippen LogP contribution < -0.4 is 0 Å². The van der Waals surface area contributed by atoms with E-state index in [1.54, 1.807) is 12.3 Å². The normalized spacial score (nSPS) is 15.1. The van der Waals surface area contributed by atoms with Crippen molar-refractivity contribution in [2.45, 2.75) is 45.9 Å². The first kappa shape index (κ1) is 22.5. The molecule has 2 aromatic heterocycles. The van der Waals surface area contributed by atoms with Gasteiger partial charge in [-0.05, 0) is 69.0 Å². The number of hydrogen-bond acceptors (Lipinski definition) is 5. The number of aliphatic hydroxyl groups excluding tert-OH is 1. The molecule has 1 N–H and O–H groups in total.